The summed E-state index contributed by atoms with van der Waals surface area (Å²) in [5, 5.41) is 18.4. The van der Waals surface area contributed by atoms with Crippen LogP contribution in [0.3, 0.4) is 0 Å². The monoisotopic (exact) mass is 300 g/mol. The normalized spacial score (nSPS) is 12.5. The summed E-state index contributed by atoms with van der Waals surface area (Å²) in [6.07, 6.45) is 16.3. The van der Waals surface area contributed by atoms with E-state index in [9.17, 15) is 9.90 Å². The SMILES string of the molecule is CCCCCC[C@@H](O)CCCCCCCCCCC(=O)O. The van der Waals surface area contributed by atoms with Crippen LogP contribution in [0.2, 0.25) is 0 Å². The minimum absolute atomic E-state index is 0.0853. The topological polar surface area (TPSA) is 57.5 Å². The molecule has 0 rings (SSSR count). The van der Waals surface area contributed by atoms with E-state index in [0.717, 1.165) is 38.5 Å². The average Bonchev–Trinajstić information content (AvgIpc) is 2.45. The maximum Gasteiger partial charge on any atom is 0.303 e. The van der Waals surface area contributed by atoms with E-state index in [1.807, 2.05) is 0 Å². The molecule has 0 aliphatic heterocycles. The molecule has 0 fully saturated rings. The molecule has 0 bridgehead atoms. The number of unbranched alkanes of at least 4 members (excludes halogenated alkanes) is 10. The molecule has 0 saturated carbocycles. The van der Waals surface area contributed by atoms with Gasteiger partial charge >= 0.3 is 5.97 Å². The molecule has 0 radical (unpaired) electrons. The van der Waals surface area contributed by atoms with Gasteiger partial charge in [-0.2, -0.15) is 0 Å². The molecule has 3 heteroatoms. The fraction of sp³-hybridized carbons (Fsp3) is 0.944. The Kier molecular flexibility index (Phi) is 15.4. The molecule has 0 spiro atoms. The summed E-state index contributed by atoms with van der Waals surface area (Å²) in [4.78, 5) is 10.3. The van der Waals surface area contributed by atoms with E-state index in [2.05, 4.69) is 6.92 Å². The van der Waals surface area contributed by atoms with E-state index in [4.69, 9.17) is 5.11 Å². The van der Waals surface area contributed by atoms with Crippen LogP contribution in [0.1, 0.15) is 103 Å². The van der Waals surface area contributed by atoms with Gasteiger partial charge in [0.1, 0.15) is 0 Å². The molecule has 2 N–H and O–H groups in total. The van der Waals surface area contributed by atoms with Crippen LogP contribution in [0.5, 0.6) is 0 Å². The van der Waals surface area contributed by atoms with Crippen molar-refractivity contribution >= 4 is 5.97 Å². The van der Waals surface area contributed by atoms with Gasteiger partial charge < -0.3 is 10.2 Å². The Morgan fingerprint density at radius 2 is 1.19 bits per heavy atom. The second-order valence-electron chi connectivity index (χ2n) is 6.26. The molecule has 3 nitrogen and oxygen atoms in total. The Balaban J connectivity index is 3.12. The lowest BCUT2D eigenvalue weighted by Crippen LogP contribution is -2.05. The quantitative estimate of drug-likeness (QED) is 0.380. The van der Waals surface area contributed by atoms with Gasteiger partial charge in [-0.3, -0.25) is 4.79 Å². The fourth-order valence-corrected chi connectivity index (χ4v) is 2.67. The molecule has 0 aliphatic carbocycles. The van der Waals surface area contributed by atoms with Crippen LogP contribution in [0.15, 0.2) is 0 Å². The zero-order valence-electron chi connectivity index (χ0n) is 14.0. The van der Waals surface area contributed by atoms with Gasteiger partial charge in [0, 0.05) is 6.42 Å². The predicted octanol–water partition coefficient (Wildman–Crippen LogP) is 5.30. The Morgan fingerprint density at radius 3 is 1.67 bits per heavy atom. The largest absolute Gasteiger partial charge is 0.481 e. The van der Waals surface area contributed by atoms with Crippen molar-refractivity contribution in [3.05, 3.63) is 0 Å². The highest BCUT2D eigenvalue weighted by Gasteiger charge is 2.03. The first-order valence-corrected chi connectivity index (χ1v) is 9.06. The minimum atomic E-state index is -0.678. The first-order valence-electron chi connectivity index (χ1n) is 9.06. The predicted molar refractivity (Wildman–Crippen MR) is 88.6 cm³/mol. The number of carboxylic acids is 1. The molecule has 21 heavy (non-hydrogen) atoms. The Labute approximate surface area is 131 Å². The molecular weight excluding hydrogens is 264 g/mol. The van der Waals surface area contributed by atoms with E-state index in [0.29, 0.717) is 6.42 Å². The lowest BCUT2D eigenvalue weighted by Gasteiger charge is -2.10. The van der Waals surface area contributed by atoms with E-state index in [1.165, 1.54) is 51.4 Å². The van der Waals surface area contributed by atoms with E-state index in [1.54, 1.807) is 0 Å². The van der Waals surface area contributed by atoms with Gasteiger partial charge in [0.05, 0.1) is 6.10 Å². The highest BCUT2D eigenvalue weighted by molar-refractivity contribution is 5.66. The lowest BCUT2D eigenvalue weighted by molar-refractivity contribution is -0.137. The van der Waals surface area contributed by atoms with Gasteiger partial charge in [-0.05, 0) is 19.3 Å². The molecule has 0 unspecified atom stereocenters. The van der Waals surface area contributed by atoms with Gasteiger partial charge in [0.25, 0.3) is 0 Å². The third-order valence-corrected chi connectivity index (χ3v) is 4.07. The van der Waals surface area contributed by atoms with Gasteiger partial charge in [0.15, 0.2) is 0 Å². The summed E-state index contributed by atoms with van der Waals surface area (Å²) in [5.41, 5.74) is 0. The summed E-state index contributed by atoms with van der Waals surface area (Å²) in [6.45, 7) is 2.21. The summed E-state index contributed by atoms with van der Waals surface area (Å²) in [6, 6.07) is 0. The third-order valence-electron chi connectivity index (χ3n) is 4.07. The number of rotatable bonds is 16. The molecular formula is C18H36O3. The van der Waals surface area contributed by atoms with Crippen molar-refractivity contribution in [3.63, 3.8) is 0 Å². The maximum atomic E-state index is 10.3. The van der Waals surface area contributed by atoms with Crippen LogP contribution in [0, 0.1) is 0 Å². The second kappa shape index (κ2) is 15.8. The number of carbonyl (C=O) groups is 1. The Bertz CT molecular complexity index is 229. The van der Waals surface area contributed by atoms with Crippen molar-refractivity contribution in [2.75, 3.05) is 0 Å². The summed E-state index contributed by atoms with van der Waals surface area (Å²) in [5.74, 6) is -0.678. The standard InChI is InChI=1S/C18H36O3/c1-2-3-4-11-14-17(19)15-12-9-7-5-6-8-10-13-16-18(20)21/h17,19H,2-16H2,1H3,(H,20,21)/t17-/m1/s1. The van der Waals surface area contributed by atoms with E-state index in [-0.39, 0.29) is 6.10 Å². The first kappa shape index (κ1) is 20.4. The van der Waals surface area contributed by atoms with Crippen molar-refractivity contribution in [3.8, 4) is 0 Å². The van der Waals surface area contributed by atoms with Crippen LogP contribution in [0.25, 0.3) is 0 Å². The Morgan fingerprint density at radius 1 is 0.762 bits per heavy atom. The molecule has 0 aliphatic rings. The minimum Gasteiger partial charge on any atom is -0.481 e. The maximum absolute atomic E-state index is 10.3. The van der Waals surface area contributed by atoms with Gasteiger partial charge in [-0.1, -0.05) is 77.6 Å². The number of aliphatic hydroxyl groups excluding tert-OH is 1. The lowest BCUT2D eigenvalue weighted by atomic mass is 10.0. The molecule has 0 aromatic heterocycles. The summed E-state index contributed by atoms with van der Waals surface area (Å²) >= 11 is 0. The molecule has 0 aromatic carbocycles. The summed E-state index contributed by atoms with van der Waals surface area (Å²) < 4.78 is 0. The number of hydrogen-bond acceptors (Lipinski definition) is 2. The van der Waals surface area contributed by atoms with Crippen molar-refractivity contribution in [2.45, 2.75) is 109 Å². The first-order chi connectivity index (χ1) is 10.2. The number of aliphatic hydroxyl groups is 1. The molecule has 1 atom stereocenters. The number of carboxylic acid groups (broad SMARTS) is 1. The van der Waals surface area contributed by atoms with Crippen LogP contribution in [-0.2, 0) is 4.79 Å². The van der Waals surface area contributed by atoms with Crippen LogP contribution >= 0.6 is 0 Å². The molecule has 0 aromatic rings. The zero-order chi connectivity index (χ0) is 15.8. The van der Waals surface area contributed by atoms with Crippen molar-refractivity contribution in [1.29, 1.82) is 0 Å². The van der Waals surface area contributed by atoms with Crippen molar-refractivity contribution in [2.24, 2.45) is 0 Å². The van der Waals surface area contributed by atoms with Crippen molar-refractivity contribution in [1.82, 2.24) is 0 Å². The summed E-state index contributed by atoms with van der Waals surface area (Å²) in [7, 11) is 0. The van der Waals surface area contributed by atoms with Crippen molar-refractivity contribution < 1.29 is 15.0 Å². The third kappa shape index (κ3) is 17.4. The smallest absolute Gasteiger partial charge is 0.303 e. The molecule has 0 heterocycles. The van der Waals surface area contributed by atoms with Crippen LogP contribution in [0.4, 0.5) is 0 Å². The molecule has 0 saturated heterocycles. The Hall–Kier alpha value is -0.570. The number of aliphatic carboxylic acids is 1. The van der Waals surface area contributed by atoms with Crippen LogP contribution in [-0.4, -0.2) is 22.3 Å². The van der Waals surface area contributed by atoms with E-state index < -0.39 is 5.97 Å². The highest BCUT2D eigenvalue weighted by atomic mass is 16.4. The highest BCUT2D eigenvalue weighted by Crippen LogP contribution is 2.14. The second-order valence-corrected chi connectivity index (χ2v) is 6.26. The fourth-order valence-electron chi connectivity index (χ4n) is 2.67. The van der Waals surface area contributed by atoms with Gasteiger partial charge in [0.2, 0.25) is 0 Å². The molecule has 0 amide bonds. The average molecular weight is 300 g/mol. The van der Waals surface area contributed by atoms with Crippen LogP contribution < -0.4 is 0 Å². The number of hydrogen-bond donors (Lipinski definition) is 2. The zero-order valence-corrected chi connectivity index (χ0v) is 14.0. The van der Waals surface area contributed by atoms with E-state index >= 15 is 0 Å². The van der Waals surface area contributed by atoms with Gasteiger partial charge in [-0.25, -0.2) is 0 Å². The van der Waals surface area contributed by atoms with Gasteiger partial charge in [-0.15, -0.1) is 0 Å². The molecule has 126 valence electrons.